The van der Waals surface area contributed by atoms with Crippen molar-refractivity contribution in [3.8, 4) is 6.07 Å². The molecule has 0 aromatic carbocycles. The third-order valence-corrected chi connectivity index (χ3v) is 3.70. The van der Waals surface area contributed by atoms with E-state index in [1.807, 2.05) is 19.1 Å². The van der Waals surface area contributed by atoms with Crippen molar-refractivity contribution in [3.05, 3.63) is 21.9 Å². The van der Waals surface area contributed by atoms with E-state index in [1.165, 1.54) is 11.3 Å². The van der Waals surface area contributed by atoms with Crippen molar-refractivity contribution in [2.45, 2.75) is 26.7 Å². The Morgan fingerprint density at radius 1 is 1.25 bits per heavy atom. The molecule has 0 aliphatic heterocycles. The Hall–Kier alpha value is -1.87. The first-order valence-corrected chi connectivity index (χ1v) is 7.16. The quantitative estimate of drug-likeness (QED) is 0.595. The Balaban J connectivity index is 3.09. The summed E-state index contributed by atoms with van der Waals surface area (Å²) >= 11 is 1.38. The van der Waals surface area contributed by atoms with Gasteiger partial charge in [0.1, 0.15) is 5.92 Å². The van der Waals surface area contributed by atoms with Gasteiger partial charge in [-0.1, -0.05) is 0 Å². The van der Waals surface area contributed by atoms with Crippen LogP contribution in [0.25, 0.3) is 0 Å². The number of esters is 2. The van der Waals surface area contributed by atoms with Crippen LogP contribution in [-0.4, -0.2) is 25.2 Å². The molecule has 0 radical (unpaired) electrons. The van der Waals surface area contributed by atoms with Crippen LogP contribution in [0.1, 0.15) is 29.5 Å². The Morgan fingerprint density at radius 2 is 1.80 bits per heavy atom. The molecule has 0 aliphatic rings. The maximum absolute atomic E-state index is 12.0. The lowest BCUT2D eigenvalue weighted by atomic mass is 9.92. The van der Waals surface area contributed by atoms with Crippen LogP contribution in [0.5, 0.6) is 0 Å². The molecule has 1 unspecified atom stereocenters. The summed E-state index contributed by atoms with van der Waals surface area (Å²) in [6.45, 7) is 5.49. The molecule has 0 spiro atoms. The number of nitrogens with zero attached hydrogens (tertiary/aromatic N) is 1. The zero-order chi connectivity index (χ0) is 15.1. The second-order valence-corrected chi connectivity index (χ2v) is 5.36. The molecule has 1 rings (SSSR count). The smallest absolute Gasteiger partial charge is 0.322 e. The number of hydrogen-bond acceptors (Lipinski definition) is 6. The first-order chi connectivity index (χ1) is 9.54. The average Bonchev–Trinajstić information content (AvgIpc) is 2.82. The van der Waals surface area contributed by atoms with Crippen molar-refractivity contribution < 1.29 is 19.1 Å². The molecule has 1 aromatic rings. The molecule has 0 fully saturated rings. The van der Waals surface area contributed by atoms with Gasteiger partial charge in [-0.3, -0.25) is 9.59 Å². The minimum Gasteiger partial charge on any atom is -0.465 e. The van der Waals surface area contributed by atoms with E-state index < -0.39 is 23.8 Å². The number of rotatable bonds is 6. The Kier molecular flexibility index (Phi) is 6.19. The molecule has 0 N–H and O–H groups in total. The van der Waals surface area contributed by atoms with Crippen LogP contribution in [0, 0.1) is 24.2 Å². The molecule has 1 aromatic heterocycles. The highest BCUT2D eigenvalue weighted by Gasteiger charge is 2.39. The van der Waals surface area contributed by atoms with E-state index >= 15 is 0 Å². The van der Waals surface area contributed by atoms with Gasteiger partial charge >= 0.3 is 11.9 Å². The molecule has 0 bridgehead atoms. The number of nitriles is 1. The van der Waals surface area contributed by atoms with Crippen LogP contribution in [0.15, 0.2) is 12.1 Å². The maximum atomic E-state index is 12.0. The fourth-order valence-electron chi connectivity index (χ4n) is 1.76. The third kappa shape index (κ3) is 3.81. The van der Waals surface area contributed by atoms with E-state index in [0.29, 0.717) is 4.88 Å². The van der Waals surface area contributed by atoms with Crippen molar-refractivity contribution >= 4 is 23.3 Å². The summed E-state index contributed by atoms with van der Waals surface area (Å²) < 4.78 is 9.79. The van der Waals surface area contributed by atoms with Crippen molar-refractivity contribution in [3.63, 3.8) is 0 Å². The number of carbonyl (C=O) groups excluding carboxylic acids is 2. The molecule has 0 saturated heterocycles. The normalized spacial score (nSPS) is 11.8. The molecule has 5 nitrogen and oxygen atoms in total. The van der Waals surface area contributed by atoms with E-state index in [1.54, 1.807) is 19.9 Å². The van der Waals surface area contributed by atoms with Crippen molar-refractivity contribution in [1.82, 2.24) is 0 Å². The number of aryl methyl sites for hydroxylation is 1. The van der Waals surface area contributed by atoms with Gasteiger partial charge in [-0.05, 0) is 32.9 Å². The van der Waals surface area contributed by atoms with E-state index in [4.69, 9.17) is 9.47 Å². The fraction of sp³-hybridized carbons (Fsp3) is 0.500. The zero-order valence-corrected chi connectivity index (χ0v) is 12.5. The SMILES string of the molecule is CCOC(=O)C(C(=O)OCC)C(C#N)c1ccc(C)s1. The van der Waals surface area contributed by atoms with E-state index in [2.05, 4.69) is 0 Å². The number of carbonyl (C=O) groups is 2. The van der Waals surface area contributed by atoms with Crippen LogP contribution in [0.4, 0.5) is 0 Å². The van der Waals surface area contributed by atoms with Gasteiger partial charge < -0.3 is 9.47 Å². The van der Waals surface area contributed by atoms with Gasteiger partial charge in [-0.25, -0.2) is 0 Å². The molecule has 108 valence electrons. The molecule has 0 aliphatic carbocycles. The topological polar surface area (TPSA) is 76.4 Å². The monoisotopic (exact) mass is 295 g/mol. The molecule has 0 amide bonds. The molecule has 1 atom stereocenters. The van der Waals surface area contributed by atoms with Gasteiger partial charge in [0.15, 0.2) is 5.92 Å². The lowest BCUT2D eigenvalue weighted by Gasteiger charge is -2.17. The highest BCUT2D eigenvalue weighted by Crippen LogP contribution is 2.31. The molecular formula is C14H17NO4S. The second-order valence-electron chi connectivity index (χ2n) is 4.04. The largest absolute Gasteiger partial charge is 0.465 e. The summed E-state index contributed by atoms with van der Waals surface area (Å²) in [7, 11) is 0. The van der Waals surface area contributed by atoms with Crippen LogP contribution < -0.4 is 0 Å². The number of thiophene rings is 1. The first kappa shape index (κ1) is 16.2. The van der Waals surface area contributed by atoms with Crippen molar-refractivity contribution in [1.29, 1.82) is 5.26 Å². The molecular weight excluding hydrogens is 278 g/mol. The van der Waals surface area contributed by atoms with Gasteiger partial charge in [-0.15, -0.1) is 11.3 Å². The Bertz CT molecular complexity index is 499. The van der Waals surface area contributed by atoms with Gasteiger partial charge in [-0.2, -0.15) is 5.26 Å². The van der Waals surface area contributed by atoms with Crippen LogP contribution in [-0.2, 0) is 19.1 Å². The fourth-order valence-corrected chi connectivity index (χ4v) is 2.72. The molecule has 0 saturated carbocycles. The summed E-state index contributed by atoms with van der Waals surface area (Å²) in [5, 5.41) is 9.33. The van der Waals surface area contributed by atoms with Gasteiger partial charge in [0.25, 0.3) is 0 Å². The predicted octanol–water partition coefficient (Wildman–Crippen LogP) is 2.41. The number of ether oxygens (including phenoxy) is 2. The predicted molar refractivity (Wildman–Crippen MR) is 74.2 cm³/mol. The highest BCUT2D eigenvalue weighted by atomic mass is 32.1. The van der Waals surface area contributed by atoms with E-state index in [9.17, 15) is 14.9 Å². The lowest BCUT2D eigenvalue weighted by Crippen LogP contribution is -2.32. The van der Waals surface area contributed by atoms with Gasteiger partial charge in [0.2, 0.25) is 0 Å². The number of hydrogen-bond donors (Lipinski definition) is 0. The zero-order valence-electron chi connectivity index (χ0n) is 11.7. The van der Waals surface area contributed by atoms with Gasteiger partial charge in [0, 0.05) is 9.75 Å². The van der Waals surface area contributed by atoms with Crippen molar-refractivity contribution in [2.75, 3.05) is 13.2 Å². The second kappa shape index (κ2) is 7.65. The van der Waals surface area contributed by atoms with Crippen molar-refractivity contribution in [2.24, 2.45) is 5.92 Å². The highest BCUT2D eigenvalue weighted by molar-refractivity contribution is 7.12. The summed E-state index contributed by atoms with van der Waals surface area (Å²) in [5.41, 5.74) is 0. The minimum atomic E-state index is -1.24. The van der Waals surface area contributed by atoms with E-state index in [0.717, 1.165) is 4.88 Å². The standard InChI is InChI=1S/C14H17NO4S/c1-4-18-13(16)12(14(17)19-5-2)10(8-15)11-7-6-9(3)20-11/h6-7,10,12H,4-5H2,1-3H3. The lowest BCUT2D eigenvalue weighted by molar-refractivity contribution is -0.162. The van der Waals surface area contributed by atoms with E-state index in [-0.39, 0.29) is 13.2 Å². The van der Waals surface area contributed by atoms with Gasteiger partial charge in [0.05, 0.1) is 19.3 Å². The molecule has 20 heavy (non-hydrogen) atoms. The van der Waals surface area contributed by atoms with Crippen LogP contribution in [0.2, 0.25) is 0 Å². The van der Waals surface area contributed by atoms with Crippen LogP contribution in [0.3, 0.4) is 0 Å². The maximum Gasteiger partial charge on any atom is 0.322 e. The summed E-state index contributed by atoms with van der Waals surface area (Å²) in [6.07, 6.45) is 0. The third-order valence-electron chi connectivity index (χ3n) is 2.62. The summed E-state index contributed by atoms with van der Waals surface area (Å²) in [6, 6.07) is 5.61. The summed E-state index contributed by atoms with van der Waals surface area (Å²) in [5.74, 6) is -3.56. The average molecular weight is 295 g/mol. The molecule has 6 heteroatoms. The first-order valence-electron chi connectivity index (χ1n) is 6.34. The molecule has 1 heterocycles. The Labute approximate surface area is 122 Å². The van der Waals surface area contributed by atoms with Crippen LogP contribution >= 0.6 is 11.3 Å². The minimum absolute atomic E-state index is 0.149. The summed E-state index contributed by atoms with van der Waals surface area (Å²) in [4.78, 5) is 25.6. The Morgan fingerprint density at radius 3 is 2.15 bits per heavy atom.